The van der Waals surface area contributed by atoms with Crippen LogP contribution in [0.2, 0.25) is 10.0 Å². The Morgan fingerprint density at radius 3 is 2.24 bits per heavy atom. The Labute approximate surface area is 118 Å². The van der Waals surface area contributed by atoms with Gasteiger partial charge >= 0.3 is 0 Å². The van der Waals surface area contributed by atoms with Gasteiger partial charge in [0.15, 0.2) is 0 Å². The van der Waals surface area contributed by atoms with E-state index in [4.69, 9.17) is 34.8 Å². The maximum absolute atomic E-state index is 6.04. The highest BCUT2D eigenvalue weighted by atomic mass is 35.5. The minimum absolute atomic E-state index is 0.00761. The van der Waals surface area contributed by atoms with Crippen molar-refractivity contribution in [1.82, 2.24) is 5.32 Å². The van der Waals surface area contributed by atoms with E-state index in [1.807, 2.05) is 18.2 Å². The van der Waals surface area contributed by atoms with E-state index in [2.05, 4.69) is 19.2 Å². The first-order valence-electron chi connectivity index (χ1n) is 5.82. The summed E-state index contributed by atoms with van der Waals surface area (Å²) >= 11 is 17.9. The maximum atomic E-state index is 6.04. The quantitative estimate of drug-likeness (QED) is 0.737. The minimum Gasteiger partial charge on any atom is -0.306 e. The SMILES string of the molecule is CCC(CC)(CCl)NCc1ccc(Cl)c(Cl)c1. The molecule has 0 saturated carbocycles. The summed E-state index contributed by atoms with van der Waals surface area (Å²) in [6.45, 7) is 5.05. The first kappa shape index (κ1) is 15.1. The molecule has 0 heterocycles. The van der Waals surface area contributed by atoms with E-state index in [0.717, 1.165) is 24.9 Å². The van der Waals surface area contributed by atoms with Gasteiger partial charge in [0.25, 0.3) is 0 Å². The van der Waals surface area contributed by atoms with E-state index in [0.29, 0.717) is 15.9 Å². The van der Waals surface area contributed by atoms with Crippen molar-refractivity contribution in [2.75, 3.05) is 5.88 Å². The van der Waals surface area contributed by atoms with Gasteiger partial charge in [0.2, 0.25) is 0 Å². The van der Waals surface area contributed by atoms with Gasteiger partial charge in [-0.1, -0.05) is 43.1 Å². The largest absolute Gasteiger partial charge is 0.306 e. The van der Waals surface area contributed by atoms with Crippen LogP contribution in [0.5, 0.6) is 0 Å². The summed E-state index contributed by atoms with van der Waals surface area (Å²) in [5.41, 5.74) is 1.13. The molecule has 4 heteroatoms. The van der Waals surface area contributed by atoms with Crippen LogP contribution in [0.25, 0.3) is 0 Å². The fourth-order valence-electron chi connectivity index (χ4n) is 1.68. The van der Waals surface area contributed by atoms with Gasteiger partial charge in [0, 0.05) is 18.0 Å². The van der Waals surface area contributed by atoms with Crippen LogP contribution in [0, 0.1) is 0 Å². The zero-order valence-electron chi connectivity index (χ0n) is 10.2. The van der Waals surface area contributed by atoms with Crippen molar-refractivity contribution in [1.29, 1.82) is 0 Å². The second kappa shape index (κ2) is 6.84. The Bertz CT molecular complexity index is 353. The molecule has 1 rings (SSSR count). The third-order valence-corrected chi connectivity index (χ3v) is 4.51. The average molecular weight is 295 g/mol. The standard InChI is InChI=1S/C13H18Cl3N/c1-3-13(4-2,9-14)17-8-10-5-6-11(15)12(16)7-10/h5-7,17H,3-4,8-9H2,1-2H3. The highest BCUT2D eigenvalue weighted by Crippen LogP contribution is 2.23. The van der Waals surface area contributed by atoms with Gasteiger partial charge in [-0.25, -0.2) is 0 Å². The summed E-state index contributed by atoms with van der Waals surface area (Å²) in [7, 11) is 0. The molecular weight excluding hydrogens is 277 g/mol. The number of alkyl halides is 1. The van der Waals surface area contributed by atoms with Crippen LogP contribution in [0.4, 0.5) is 0 Å². The van der Waals surface area contributed by atoms with Gasteiger partial charge in [0.05, 0.1) is 10.0 Å². The van der Waals surface area contributed by atoms with Gasteiger partial charge in [-0.05, 0) is 30.5 Å². The Morgan fingerprint density at radius 1 is 1.12 bits per heavy atom. The molecule has 0 amide bonds. The molecule has 0 bridgehead atoms. The maximum Gasteiger partial charge on any atom is 0.0595 e. The molecule has 0 saturated heterocycles. The second-order valence-corrected chi connectivity index (χ2v) is 5.30. The van der Waals surface area contributed by atoms with Gasteiger partial charge < -0.3 is 5.32 Å². The monoisotopic (exact) mass is 293 g/mol. The molecule has 0 spiro atoms. The van der Waals surface area contributed by atoms with Crippen LogP contribution in [0.3, 0.4) is 0 Å². The smallest absolute Gasteiger partial charge is 0.0595 e. The first-order valence-corrected chi connectivity index (χ1v) is 7.11. The summed E-state index contributed by atoms with van der Waals surface area (Å²) in [6.07, 6.45) is 2.02. The van der Waals surface area contributed by atoms with Crippen LogP contribution in [-0.2, 0) is 6.54 Å². The lowest BCUT2D eigenvalue weighted by molar-refractivity contribution is 0.334. The number of hydrogen-bond acceptors (Lipinski definition) is 1. The van der Waals surface area contributed by atoms with Gasteiger partial charge in [-0.15, -0.1) is 11.6 Å². The van der Waals surface area contributed by atoms with Crippen molar-refractivity contribution in [2.45, 2.75) is 38.8 Å². The molecule has 17 heavy (non-hydrogen) atoms. The van der Waals surface area contributed by atoms with E-state index in [-0.39, 0.29) is 5.54 Å². The second-order valence-electron chi connectivity index (χ2n) is 4.22. The molecule has 0 radical (unpaired) electrons. The van der Waals surface area contributed by atoms with Crippen LogP contribution in [0.15, 0.2) is 18.2 Å². The molecule has 96 valence electrons. The van der Waals surface area contributed by atoms with E-state index < -0.39 is 0 Å². The van der Waals surface area contributed by atoms with Crippen LogP contribution in [-0.4, -0.2) is 11.4 Å². The number of nitrogens with one attached hydrogen (secondary N) is 1. The van der Waals surface area contributed by atoms with E-state index >= 15 is 0 Å². The highest BCUT2D eigenvalue weighted by Gasteiger charge is 2.23. The molecule has 0 aliphatic rings. The van der Waals surface area contributed by atoms with E-state index in [1.165, 1.54) is 0 Å². The first-order chi connectivity index (χ1) is 8.06. The van der Waals surface area contributed by atoms with Gasteiger partial charge in [-0.3, -0.25) is 0 Å². The highest BCUT2D eigenvalue weighted by molar-refractivity contribution is 6.42. The number of benzene rings is 1. The van der Waals surface area contributed by atoms with Crippen LogP contribution >= 0.6 is 34.8 Å². The molecule has 0 fully saturated rings. The molecule has 1 nitrogen and oxygen atoms in total. The Hall–Kier alpha value is 0.0500. The summed E-state index contributed by atoms with van der Waals surface area (Å²) in [4.78, 5) is 0. The molecule has 0 aliphatic carbocycles. The fraction of sp³-hybridized carbons (Fsp3) is 0.538. The zero-order chi connectivity index (χ0) is 12.9. The fourth-order valence-corrected chi connectivity index (χ4v) is 2.47. The molecule has 0 aliphatic heterocycles. The molecule has 0 aromatic heterocycles. The van der Waals surface area contributed by atoms with Crippen molar-refractivity contribution in [3.63, 3.8) is 0 Å². The van der Waals surface area contributed by atoms with E-state index in [9.17, 15) is 0 Å². The zero-order valence-corrected chi connectivity index (χ0v) is 12.5. The Morgan fingerprint density at radius 2 is 1.76 bits per heavy atom. The van der Waals surface area contributed by atoms with Gasteiger partial charge in [-0.2, -0.15) is 0 Å². The normalized spacial score (nSPS) is 11.8. The summed E-state index contributed by atoms with van der Waals surface area (Å²) < 4.78 is 0. The topological polar surface area (TPSA) is 12.0 Å². The van der Waals surface area contributed by atoms with Crippen LogP contribution in [0.1, 0.15) is 32.3 Å². The molecule has 0 unspecified atom stereocenters. The Kier molecular flexibility index (Phi) is 6.08. The predicted molar refractivity (Wildman–Crippen MR) is 77.3 cm³/mol. The Balaban J connectivity index is 2.68. The van der Waals surface area contributed by atoms with Gasteiger partial charge in [0.1, 0.15) is 0 Å². The minimum atomic E-state index is 0.00761. The number of rotatable bonds is 6. The van der Waals surface area contributed by atoms with Crippen molar-refractivity contribution >= 4 is 34.8 Å². The molecule has 1 N–H and O–H groups in total. The summed E-state index contributed by atoms with van der Waals surface area (Å²) in [6, 6.07) is 5.69. The van der Waals surface area contributed by atoms with Crippen molar-refractivity contribution in [2.24, 2.45) is 0 Å². The number of hydrogen-bond donors (Lipinski definition) is 1. The third-order valence-electron chi connectivity index (χ3n) is 3.26. The summed E-state index contributed by atoms with van der Waals surface area (Å²) in [5, 5.41) is 4.69. The molecular formula is C13H18Cl3N. The lowest BCUT2D eigenvalue weighted by Gasteiger charge is -2.31. The summed E-state index contributed by atoms with van der Waals surface area (Å²) in [5.74, 6) is 0.612. The lowest BCUT2D eigenvalue weighted by atomic mass is 9.95. The van der Waals surface area contributed by atoms with Crippen molar-refractivity contribution in [3.8, 4) is 0 Å². The third kappa shape index (κ3) is 4.03. The van der Waals surface area contributed by atoms with E-state index in [1.54, 1.807) is 0 Å². The van der Waals surface area contributed by atoms with Crippen LogP contribution < -0.4 is 5.32 Å². The van der Waals surface area contributed by atoms with Crippen molar-refractivity contribution in [3.05, 3.63) is 33.8 Å². The molecule has 0 atom stereocenters. The molecule has 1 aromatic rings. The lowest BCUT2D eigenvalue weighted by Crippen LogP contribution is -2.45. The predicted octanol–water partition coefficient (Wildman–Crippen LogP) is 4.88. The van der Waals surface area contributed by atoms with Crippen molar-refractivity contribution < 1.29 is 0 Å². The molecule has 1 aromatic carbocycles. The average Bonchev–Trinajstić information content (AvgIpc) is 2.36. The number of halogens is 3.